The third kappa shape index (κ3) is 4.24. The van der Waals surface area contributed by atoms with Crippen LogP contribution in [-0.2, 0) is 4.74 Å². The molecule has 2 nitrogen and oxygen atoms in total. The molecule has 2 heteroatoms. The van der Waals surface area contributed by atoms with E-state index in [1.165, 1.54) is 57.8 Å². The van der Waals surface area contributed by atoms with Crippen LogP contribution >= 0.6 is 0 Å². The highest BCUT2D eigenvalue weighted by Gasteiger charge is 2.26. The Morgan fingerprint density at radius 1 is 1.00 bits per heavy atom. The topological polar surface area (TPSA) is 21.3 Å². The Hall–Kier alpha value is -0.0800. The van der Waals surface area contributed by atoms with E-state index < -0.39 is 0 Å². The highest BCUT2D eigenvalue weighted by Crippen LogP contribution is 2.28. The van der Waals surface area contributed by atoms with Gasteiger partial charge in [-0.15, -0.1) is 0 Å². The summed E-state index contributed by atoms with van der Waals surface area (Å²) >= 11 is 0. The summed E-state index contributed by atoms with van der Waals surface area (Å²) in [6, 6.07) is 1.51. The standard InChI is InChI=1S/C16H31NO/c1-3-5-13-6-8-14(9-7-13)17-15-10-11-18-16(4-2)12-15/h13-17H,3-12H2,1-2H3. The van der Waals surface area contributed by atoms with Gasteiger partial charge in [-0.2, -0.15) is 0 Å². The van der Waals surface area contributed by atoms with E-state index in [0.717, 1.165) is 24.6 Å². The molecule has 2 aliphatic rings. The summed E-state index contributed by atoms with van der Waals surface area (Å²) in [6.45, 7) is 5.52. The maximum atomic E-state index is 5.76. The predicted molar refractivity (Wildman–Crippen MR) is 76.8 cm³/mol. The fourth-order valence-electron chi connectivity index (χ4n) is 3.68. The van der Waals surface area contributed by atoms with Crippen molar-refractivity contribution >= 4 is 0 Å². The van der Waals surface area contributed by atoms with Gasteiger partial charge in [0.05, 0.1) is 6.10 Å². The molecule has 106 valence electrons. The van der Waals surface area contributed by atoms with Crippen molar-refractivity contribution in [3.8, 4) is 0 Å². The first-order valence-electron chi connectivity index (χ1n) is 8.19. The summed E-state index contributed by atoms with van der Waals surface area (Å²) in [4.78, 5) is 0. The van der Waals surface area contributed by atoms with Crippen LogP contribution in [0.4, 0.5) is 0 Å². The van der Waals surface area contributed by atoms with Gasteiger partial charge in [-0.1, -0.05) is 26.7 Å². The molecule has 1 heterocycles. The molecule has 0 spiro atoms. The van der Waals surface area contributed by atoms with E-state index in [-0.39, 0.29) is 0 Å². The van der Waals surface area contributed by atoms with Gasteiger partial charge in [0.2, 0.25) is 0 Å². The number of rotatable bonds is 5. The Balaban J connectivity index is 1.67. The Labute approximate surface area is 113 Å². The average molecular weight is 253 g/mol. The minimum Gasteiger partial charge on any atom is -0.378 e. The van der Waals surface area contributed by atoms with E-state index in [2.05, 4.69) is 19.2 Å². The van der Waals surface area contributed by atoms with Crippen LogP contribution in [-0.4, -0.2) is 24.8 Å². The number of hydrogen-bond acceptors (Lipinski definition) is 2. The van der Waals surface area contributed by atoms with Crippen LogP contribution < -0.4 is 5.32 Å². The Morgan fingerprint density at radius 2 is 1.78 bits per heavy atom. The van der Waals surface area contributed by atoms with E-state index in [4.69, 9.17) is 4.74 Å². The number of ether oxygens (including phenoxy) is 1. The first kappa shape index (κ1) is 14.3. The molecule has 2 rings (SSSR count). The van der Waals surface area contributed by atoms with Gasteiger partial charge in [-0.05, 0) is 50.9 Å². The van der Waals surface area contributed by atoms with E-state index in [1.54, 1.807) is 0 Å². The molecule has 1 aliphatic heterocycles. The maximum Gasteiger partial charge on any atom is 0.0587 e. The quantitative estimate of drug-likeness (QED) is 0.802. The van der Waals surface area contributed by atoms with Gasteiger partial charge in [0.1, 0.15) is 0 Å². The molecule has 1 N–H and O–H groups in total. The Kier molecular flexibility index (Phi) is 5.97. The third-order valence-corrected chi connectivity index (χ3v) is 4.84. The van der Waals surface area contributed by atoms with Crippen molar-refractivity contribution in [1.29, 1.82) is 0 Å². The van der Waals surface area contributed by atoms with E-state index >= 15 is 0 Å². The fraction of sp³-hybridized carbons (Fsp3) is 1.00. The van der Waals surface area contributed by atoms with Crippen LogP contribution in [0.1, 0.15) is 71.6 Å². The maximum absolute atomic E-state index is 5.76. The van der Waals surface area contributed by atoms with Crippen molar-refractivity contribution in [2.24, 2.45) is 5.92 Å². The molecule has 2 atom stereocenters. The van der Waals surface area contributed by atoms with Gasteiger partial charge in [0.15, 0.2) is 0 Å². The minimum absolute atomic E-state index is 0.507. The summed E-state index contributed by atoms with van der Waals surface area (Å²) in [7, 11) is 0. The average Bonchev–Trinajstić information content (AvgIpc) is 2.42. The second kappa shape index (κ2) is 7.49. The molecule has 1 saturated heterocycles. The van der Waals surface area contributed by atoms with E-state index in [9.17, 15) is 0 Å². The molecule has 0 bridgehead atoms. The summed E-state index contributed by atoms with van der Waals surface area (Å²) < 4.78 is 5.76. The molecule has 0 aromatic heterocycles. The first-order chi connectivity index (χ1) is 8.81. The fourth-order valence-corrected chi connectivity index (χ4v) is 3.68. The van der Waals surface area contributed by atoms with Crippen molar-refractivity contribution < 1.29 is 4.74 Å². The zero-order valence-corrected chi connectivity index (χ0v) is 12.3. The highest BCUT2D eigenvalue weighted by molar-refractivity contribution is 4.83. The van der Waals surface area contributed by atoms with Crippen molar-refractivity contribution in [3.63, 3.8) is 0 Å². The van der Waals surface area contributed by atoms with Gasteiger partial charge in [-0.25, -0.2) is 0 Å². The molecule has 1 aliphatic carbocycles. The zero-order chi connectivity index (χ0) is 12.8. The van der Waals surface area contributed by atoms with Gasteiger partial charge in [-0.3, -0.25) is 0 Å². The second-order valence-electron chi connectivity index (χ2n) is 6.30. The van der Waals surface area contributed by atoms with Gasteiger partial charge in [0.25, 0.3) is 0 Å². The SMILES string of the molecule is CCCC1CCC(NC2CCOC(CC)C2)CC1. The third-order valence-electron chi connectivity index (χ3n) is 4.84. The lowest BCUT2D eigenvalue weighted by atomic mass is 9.83. The monoisotopic (exact) mass is 253 g/mol. The lowest BCUT2D eigenvalue weighted by molar-refractivity contribution is -0.00309. The Morgan fingerprint density at radius 3 is 2.44 bits per heavy atom. The van der Waals surface area contributed by atoms with E-state index in [1.807, 2.05) is 0 Å². The van der Waals surface area contributed by atoms with Crippen LogP contribution in [0.25, 0.3) is 0 Å². The summed E-state index contributed by atoms with van der Waals surface area (Å²) in [5, 5.41) is 3.90. The lowest BCUT2D eigenvalue weighted by Crippen LogP contribution is -2.45. The van der Waals surface area contributed by atoms with Crippen LogP contribution in [0, 0.1) is 5.92 Å². The van der Waals surface area contributed by atoms with Crippen LogP contribution in [0.2, 0.25) is 0 Å². The molecular weight excluding hydrogens is 222 g/mol. The number of hydrogen-bond donors (Lipinski definition) is 1. The smallest absolute Gasteiger partial charge is 0.0587 e. The van der Waals surface area contributed by atoms with Gasteiger partial charge < -0.3 is 10.1 Å². The van der Waals surface area contributed by atoms with Gasteiger partial charge in [0, 0.05) is 18.7 Å². The van der Waals surface area contributed by atoms with Crippen LogP contribution in [0.15, 0.2) is 0 Å². The predicted octanol–water partition coefficient (Wildman–Crippen LogP) is 3.89. The summed E-state index contributed by atoms with van der Waals surface area (Å²) in [5.74, 6) is 1.02. The minimum atomic E-state index is 0.507. The Bertz CT molecular complexity index is 223. The first-order valence-corrected chi connectivity index (χ1v) is 8.19. The van der Waals surface area contributed by atoms with Crippen molar-refractivity contribution in [1.82, 2.24) is 5.32 Å². The molecule has 1 saturated carbocycles. The molecule has 0 aromatic carbocycles. The van der Waals surface area contributed by atoms with Crippen molar-refractivity contribution in [2.45, 2.75) is 89.8 Å². The molecule has 0 amide bonds. The summed E-state index contributed by atoms with van der Waals surface area (Å²) in [6.07, 6.45) is 12.6. The van der Waals surface area contributed by atoms with E-state index in [0.29, 0.717) is 6.10 Å². The highest BCUT2D eigenvalue weighted by atomic mass is 16.5. The molecule has 2 fully saturated rings. The largest absolute Gasteiger partial charge is 0.378 e. The molecule has 2 unspecified atom stereocenters. The second-order valence-corrected chi connectivity index (χ2v) is 6.30. The summed E-state index contributed by atoms with van der Waals surface area (Å²) in [5.41, 5.74) is 0. The molecule has 18 heavy (non-hydrogen) atoms. The normalized spacial score (nSPS) is 37.7. The van der Waals surface area contributed by atoms with Crippen molar-refractivity contribution in [3.05, 3.63) is 0 Å². The molecule has 0 radical (unpaired) electrons. The van der Waals surface area contributed by atoms with Crippen LogP contribution in [0.3, 0.4) is 0 Å². The molecular formula is C16H31NO. The number of nitrogens with one attached hydrogen (secondary N) is 1. The molecule has 0 aromatic rings. The lowest BCUT2D eigenvalue weighted by Gasteiger charge is -2.35. The van der Waals surface area contributed by atoms with Crippen LogP contribution in [0.5, 0.6) is 0 Å². The van der Waals surface area contributed by atoms with Crippen molar-refractivity contribution in [2.75, 3.05) is 6.61 Å². The zero-order valence-electron chi connectivity index (χ0n) is 12.3. The van der Waals surface area contributed by atoms with Gasteiger partial charge >= 0.3 is 0 Å².